The summed E-state index contributed by atoms with van der Waals surface area (Å²) in [6, 6.07) is 5.22. The van der Waals surface area contributed by atoms with Crippen LogP contribution in [0, 0.1) is 5.92 Å². The van der Waals surface area contributed by atoms with Gasteiger partial charge < -0.3 is 11.5 Å². The van der Waals surface area contributed by atoms with Crippen molar-refractivity contribution in [3.05, 3.63) is 28.2 Å². The van der Waals surface area contributed by atoms with Crippen molar-refractivity contribution >= 4 is 40.9 Å². The molecule has 98 valence electrons. The minimum Gasteiger partial charge on any atom is -0.368 e. The fourth-order valence-corrected chi connectivity index (χ4v) is 3.48. The molecule has 1 aliphatic carbocycles. The molecule has 0 aliphatic heterocycles. The molecule has 1 aromatic carbocycles. The van der Waals surface area contributed by atoms with Crippen molar-refractivity contribution in [2.24, 2.45) is 17.4 Å². The van der Waals surface area contributed by atoms with Gasteiger partial charge in [0.05, 0.1) is 5.02 Å². The van der Waals surface area contributed by atoms with Crippen molar-refractivity contribution in [3.63, 3.8) is 0 Å². The molecular weight excluding hydrogens is 291 g/mol. The van der Waals surface area contributed by atoms with Crippen LogP contribution in [0.15, 0.2) is 23.1 Å². The number of carbonyl (C=O) groups excluding carboxylic acids is 1. The van der Waals surface area contributed by atoms with E-state index in [1.165, 1.54) is 11.8 Å². The third kappa shape index (κ3) is 2.94. The molecule has 18 heavy (non-hydrogen) atoms. The highest BCUT2D eigenvalue weighted by Crippen LogP contribution is 2.41. The lowest BCUT2D eigenvalue weighted by atomic mass is 9.96. The van der Waals surface area contributed by atoms with Crippen LogP contribution in [-0.2, 0) is 4.79 Å². The van der Waals surface area contributed by atoms with E-state index in [0.29, 0.717) is 15.8 Å². The van der Waals surface area contributed by atoms with Crippen LogP contribution in [0.4, 0.5) is 0 Å². The molecule has 0 aromatic heterocycles. The zero-order valence-corrected chi connectivity index (χ0v) is 12.0. The molecule has 1 saturated carbocycles. The van der Waals surface area contributed by atoms with Crippen molar-refractivity contribution in [2.75, 3.05) is 5.75 Å². The molecule has 1 aliphatic rings. The van der Waals surface area contributed by atoms with E-state index in [1.54, 1.807) is 18.2 Å². The van der Waals surface area contributed by atoms with E-state index < -0.39 is 11.4 Å². The highest BCUT2D eigenvalue weighted by molar-refractivity contribution is 7.99. The van der Waals surface area contributed by atoms with Crippen molar-refractivity contribution in [1.82, 2.24) is 0 Å². The van der Waals surface area contributed by atoms with E-state index in [9.17, 15) is 4.79 Å². The van der Waals surface area contributed by atoms with E-state index >= 15 is 0 Å². The minimum absolute atomic E-state index is 0.195. The summed E-state index contributed by atoms with van der Waals surface area (Å²) < 4.78 is 0. The smallest absolute Gasteiger partial charge is 0.238 e. The predicted octanol–water partition coefficient (Wildman–Crippen LogP) is 2.68. The Labute approximate surface area is 120 Å². The number of rotatable bonds is 5. The number of thioether (sulfide) groups is 1. The topological polar surface area (TPSA) is 69.1 Å². The molecule has 4 N–H and O–H groups in total. The van der Waals surface area contributed by atoms with E-state index in [4.69, 9.17) is 34.7 Å². The van der Waals surface area contributed by atoms with E-state index in [1.807, 2.05) is 0 Å². The summed E-state index contributed by atoms with van der Waals surface area (Å²) in [7, 11) is 0. The summed E-state index contributed by atoms with van der Waals surface area (Å²) in [5, 5.41) is 1.21. The molecular formula is C12H14Cl2N2OS. The molecule has 1 aromatic rings. The predicted molar refractivity (Wildman–Crippen MR) is 76.0 cm³/mol. The first-order valence-electron chi connectivity index (χ1n) is 5.60. The summed E-state index contributed by atoms with van der Waals surface area (Å²) >= 11 is 13.4. The first kappa shape index (κ1) is 14.0. The average Bonchev–Trinajstić information content (AvgIpc) is 3.14. The molecule has 1 unspecified atom stereocenters. The Hall–Kier alpha value is -0.420. The molecule has 1 atom stereocenters. The zero-order valence-electron chi connectivity index (χ0n) is 9.66. The Kier molecular flexibility index (Phi) is 4.11. The summed E-state index contributed by atoms with van der Waals surface area (Å²) in [6.45, 7) is 0. The summed E-state index contributed by atoms with van der Waals surface area (Å²) in [6.07, 6.45) is 1.92. The van der Waals surface area contributed by atoms with Crippen LogP contribution >= 0.6 is 35.0 Å². The van der Waals surface area contributed by atoms with Gasteiger partial charge in [0.1, 0.15) is 5.54 Å². The molecule has 0 radical (unpaired) electrons. The molecule has 1 fully saturated rings. The second kappa shape index (κ2) is 5.29. The van der Waals surface area contributed by atoms with Crippen LogP contribution in [0.5, 0.6) is 0 Å². The van der Waals surface area contributed by atoms with Gasteiger partial charge in [0.2, 0.25) is 5.91 Å². The quantitative estimate of drug-likeness (QED) is 0.822. The fraction of sp³-hybridized carbons (Fsp3) is 0.417. The Balaban J connectivity index is 2.10. The van der Waals surface area contributed by atoms with Crippen LogP contribution in [0.25, 0.3) is 0 Å². The van der Waals surface area contributed by atoms with Crippen molar-refractivity contribution < 1.29 is 4.79 Å². The van der Waals surface area contributed by atoms with Gasteiger partial charge in [0.15, 0.2) is 0 Å². The van der Waals surface area contributed by atoms with Crippen LogP contribution in [-0.4, -0.2) is 17.2 Å². The van der Waals surface area contributed by atoms with Gasteiger partial charge in [0, 0.05) is 15.7 Å². The van der Waals surface area contributed by atoms with Gasteiger partial charge in [-0.25, -0.2) is 0 Å². The van der Waals surface area contributed by atoms with Crippen molar-refractivity contribution in [3.8, 4) is 0 Å². The van der Waals surface area contributed by atoms with Crippen LogP contribution in [0.3, 0.4) is 0 Å². The van der Waals surface area contributed by atoms with Crippen LogP contribution in [0.1, 0.15) is 12.8 Å². The maximum absolute atomic E-state index is 11.5. The summed E-state index contributed by atoms with van der Waals surface area (Å²) in [4.78, 5) is 12.3. The second-order valence-electron chi connectivity index (χ2n) is 4.54. The molecule has 0 saturated heterocycles. The Morgan fingerprint density at radius 3 is 2.67 bits per heavy atom. The molecule has 0 spiro atoms. The minimum atomic E-state index is -0.948. The number of hydrogen-bond donors (Lipinski definition) is 2. The third-order valence-electron chi connectivity index (χ3n) is 3.12. The number of nitrogens with two attached hydrogens (primary N) is 2. The van der Waals surface area contributed by atoms with Gasteiger partial charge in [-0.05, 0) is 37.0 Å². The Bertz CT molecular complexity index is 479. The van der Waals surface area contributed by atoms with Gasteiger partial charge in [0.25, 0.3) is 0 Å². The Morgan fingerprint density at radius 2 is 2.11 bits per heavy atom. The average molecular weight is 305 g/mol. The first-order chi connectivity index (χ1) is 8.43. The maximum Gasteiger partial charge on any atom is 0.238 e. The van der Waals surface area contributed by atoms with Gasteiger partial charge in [-0.2, -0.15) is 0 Å². The number of benzene rings is 1. The van der Waals surface area contributed by atoms with E-state index in [2.05, 4.69) is 0 Å². The molecule has 1 amide bonds. The highest BCUT2D eigenvalue weighted by Gasteiger charge is 2.46. The number of hydrogen-bond acceptors (Lipinski definition) is 3. The van der Waals surface area contributed by atoms with Crippen molar-refractivity contribution in [1.29, 1.82) is 0 Å². The van der Waals surface area contributed by atoms with Crippen LogP contribution in [0.2, 0.25) is 10.0 Å². The Morgan fingerprint density at radius 1 is 1.44 bits per heavy atom. The summed E-state index contributed by atoms with van der Waals surface area (Å²) in [5.74, 6) is 0.170. The fourth-order valence-electron chi connectivity index (χ4n) is 1.77. The normalized spacial score (nSPS) is 18.4. The number of primary amides is 1. The van der Waals surface area contributed by atoms with Gasteiger partial charge in [-0.15, -0.1) is 11.8 Å². The van der Waals surface area contributed by atoms with Crippen molar-refractivity contribution in [2.45, 2.75) is 23.3 Å². The number of amides is 1. The molecule has 0 bridgehead atoms. The highest BCUT2D eigenvalue weighted by atomic mass is 35.5. The van der Waals surface area contributed by atoms with Crippen LogP contribution < -0.4 is 11.5 Å². The lowest BCUT2D eigenvalue weighted by Gasteiger charge is -2.25. The third-order valence-corrected chi connectivity index (χ3v) is 5.07. The second-order valence-corrected chi connectivity index (χ2v) is 6.40. The van der Waals surface area contributed by atoms with Gasteiger partial charge in [-0.3, -0.25) is 4.79 Å². The lowest BCUT2D eigenvalue weighted by Crippen LogP contribution is -2.56. The largest absolute Gasteiger partial charge is 0.368 e. The molecule has 3 nitrogen and oxygen atoms in total. The maximum atomic E-state index is 11.5. The van der Waals surface area contributed by atoms with Gasteiger partial charge >= 0.3 is 0 Å². The number of carbonyl (C=O) groups is 1. The standard InChI is InChI=1S/C12H14Cl2N2OS/c13-8-3-4-9(14)10(5-8)18-6-12(16,11(15)17)7-1-2-7/h3-5,7H,1-2,6,16H2,(H2,15,17). The van der Waals surface area contributed by atoms with Gasteiger partial charge in [-0.1, -0.05) is 23.2 Å². The van der Waals surface area contributed by atoms with E-state index in [0.717, 1.165) is 17.7 Å². The molecule has 6 heteroatoms. The lowest BCUT2D eigenvalue weighted by molar-refractivity contribution is -0.123. The van der Waals surface area contributed by atoms with E-state index in [-0.39, 0.29) is 5.92 Å². The monoisotopic (exact) mass is 304 g/mol. The zero-order chi connectivity index (χ0) is 13.3. The number of halogens is 2. The molecule has 2 rings (SSSR count). The summed E-state index contributed by atoms with van der Waals surface area (Å²) in [5.41, 5.74) is 10.6. The molecule has 0 heterocycles. The first-order valence-corrected chi connectivity index (χ1v) is 7.34. The SMILES string of the molecule is NC(=O)C(N)(CSc1cc(Cl)ccc1Cl)C1CC1.